The molecule has 0 aliphatic carbocycles. The Hall–Kier alpha value is -2.66. The van der Waals surface area contributed by atoms with Gasteiger partial charge in [0.05, 0.1) is 9.26 Å². The summed E-state index contributed by atoms with van der Waals surface area (Å²) in [5, 5.41) is 11.8. The van der Waals surface area contributed by atoms with Gasteiger partial charge in [-0.2, -0.15) is 4.31 Å². The number of hydrogen-bond donors (Lipinski definition) is 0. The van der Waals surface area contributed by atoms with Crippen LogP contribution in [0.15, 0.2) is 58.8 Å². The zero-order chi connectivity index (χ0) is 23.9. The fraction of sp³-hybridized carbons (Fsp3) is 0.304. The second kappa shape index (κ2) is 9.18. The normalized spacial score (nSPS) is 17.0. The lowest BCUT2D eigenvalue weighted by Gasteiger charge is -2.36. The van der Waals surface area contributed by atoms with E-state index in [2.05, 4.69) is 21.9 Å². The number of hydrogen-bond acceptors (Lipinski definition) is 7. The number of rotatable bonds is 5. The van der Waals surface area contributed by atoms with Crippen LogP contribution in [-0.4, -0.2) is 50.4 Å². The number of thiophene rings is 1. The van der Waals surface area contributed by atoms with Crippen molar-refractivity contribution in [2.75, 3.05) is 42.5 Å². The molecule has 0 bridgehead atoms. The fourth-order valence-electron chi connectivity index (χ4n) is 4.57. The van der Waals surface area contributed by atoms with Crippen molar-refractivity contribution in [1.82, 2.24) is 4.31 Å². The number of anilines is 2. The number of fused-ring (bicyclic) bond motifs is 1. The van der Waals surface area contributed by atoms with Crippen molar-refractivity contribution < 1.29 is 13.3 Å². The summed E-state index contributed by atoms with van der Waals surface area (Å²) in [6, 6.07) is 16.5. The average Bonchev–Trinajstić information content (AvgIpc) is 3.30. The molecular formula is C23H23ClN4O4S2. The third-order valence-electron chi connectivity index (χ3n) is 6.37. The van der Waals surface area contributed by atoms with E-state index in [1.54, 1.807) is 18.2 Å². The van der Waals surface area contributed by atoms with Crippen molar-refractivity contribution in [2.45, 2.75) is 17.2 Å². The van der Waals surface area contributed by atoms with Crippen LogP contribution in [0.25, 0.3) is 0 Å². The average molecular weight is 519 g/mol. The number of nitrogens with zero attached hydrogens (tertiary/aromatic N) is 4. The minimum Gasteiger partial charge on any atom is -0.369 e. The van der Waals surface area contributed by atoms with Gasteiger partial charge in [0.2, 0.25) is 0 Å². The largest absolute Gasteiger partial charge is 0.369 e. The first-order valence-corrected chi connectivity index (χ1v) is 13.6. The predicted octanol–water partition coefficient (Wildman–Crippen LogP) is 4.38. The van der Waals surface area contributed by atoms with E-state index in [9.17, 15) is 18.5 Å². The fourth-order valence-corrected chi connectivity index (χ4v) is 7.63. The Labute approximate surface area is 207 Å². The maximum atomic E-state index is 12.9. The topological polar surface area (TPSA) is 87.0 Å². The van der Waals surface area contributed by atoms with Gasteiger partial charge in [0.15, 0.2) is 0 Å². The lowest BCUT2D eigenvalue weighted by molar-refractivity contribution is -0.384. The summed E-state index contributed by atoms with van der Waals surface area (Å²) in [5.74, 6) is 0. The van der Waals surface area contributed by atoms with Crippen molar-refractivity contribution in [3.05, 3.63) is 80.2 Å². The quantitative estimate of drug-likeness (QED) is 0.368. The third-order valence-corrected chi connectivity index (χ3v) is 9.97. The van der Waals surface area contributed by atoms with E-state index < -0.39 is 10.0 Å². The molecule has 0 N–H and O–H groups in total. The number of nitro benzene ring substituents is 1. The molecule has 2 aliphatic rings. The van der Waals surface area contributed by atoms with Crippen molar-refractivity contribution in [3.8, 4) is 0 Å². The minimum atomic E-state index is -3.58. The zero-order valence-corrected chi connectivity index (χ0v) is 20.7. The van der Waals surface area contributed by atoms with Crippen molar-refractivity contribution >= 4 is 50.0 Å². The molecule has 0 atom stereocenters. The van der Waals surface area contributed by atoms with Crippen LogP contribution in [0, 0.1) is 10.1 Å². The monoisotopic (exact) mass is 518 g/mol. The predicted molar refractivity (Wildman–Crippen MR) is 135 cm³/mol. The molecule has 0 radical (unpaired) electrons. The van der Waals surface area contributed by atoms with Gasteiger partial charge in [0.25, 0.3) is 15.7 Å². The maximum absolute atomic E-state index is 12.9. The standard InChI is InChI=1S/C23H23ClN4O4S2/c24-22-7-8-23(33-22)34(31,32)27-13-11-25(12-14-27)19-5-6-20(28(29)30)21(15-19)26-10-9-17-3-1-2-4-18(17)16-26/h1-8,15H,9-14,16H2. The molecule has 8 nitrogen and oxygen atoms in total. The molecule has 3 heterocycles. The maximum Gasteiger partial charge on any atom is 0.292 e. The molecule has 34 heavy (non-hydrogen) atoms. The van der Waals surface area contributed by atoms with Gasteiger partial charge in [-0.05, 0) is 41.8 Å². The summed E-state index contributed by atoms with van der Waals surface area (Å²) in [5.41, 5.74) is 4.00. The van der Waals surface area contributed by atoms with E-state index in [0.717, 1.165) is 23.4 Å². The van der Waals surface area contributed by atoms with E-state index in [0.29, 0.717) is 49.3 Å². The number of piperazine rings is 1. The van der Waals surface area contributed by atoms with Gasteiger partial charge in [-0.1, -0.05) is 35.9 Å². The van der Waals surface area contributed by atoms with Gasteiger partial charge >= 0.3 is 0 Å². The van der Waals surface area contributed by atoms with Crippen LogP contribution >= 0.6 is 22.9 Å². The Morgan fingerprint density at radius 2 is 1.65 bits per heavy atom. The van der Waals surface area contributed by atoms with Gasteiger partial charge in [0.1, 0.15) is 9.90 Å². The highest BCUT2D eigenvalue weighted by molar-refractivity contribution is 7.91. The summed E-state index contributed by atoms with van der Waals surface area (Å²) in [6.45, 7) is 2.99. The minimum absolute atomic E-state index is 0.0823. The van der Waals surface area contributed by atoms with Crippen LogP contribution in [0.4, 0.5) is 17.1 Å². The van der Waals surface area contributed by atoms with Crippen LogP contribution in [0.5, 0.6) is 0 Å². The highest BCUT2D eigenvalue weighted by atomic mass is 35.5. The van der Waals surface area contributed by atoms with Crippen LogP contribution in [0.3, 0.4) is 0 Å². The van der Waals surface area contributed by atoms with E-state index in [1.807, 2.05) is 18.2 Å². The third kappa shape index (κ3) is 4.38. The summed E-state index contributed by atoms with van der Waals surface area (Å²) in [7, 11) is -3.58. The summed E-state index contributed by atoms with van der Waals surface area (Å²) in [6.07, 6.45) is 0.834. The second-order valence-corrected chi connectivity index (χ2v) is 12.2. The van der Waals surface area contributed by atoms with E-state index in [-0.39, 0.29) is 14.8 Å². The molecule has 0 spiro atoms. The lowest BCUT2D eigenvalue weighted by atomic mass is 9.99. The van der Waals surface area contributed by atoms with E-state index >= 15 is 0 Å². The smallest absolute Gasteiger partial charge is 0.292 e. The van der Waals surface area contributed by atoms with E-state index in [4.69, 9.17) is 11.6 Å². The van der Waals surface area contributed by atoms with Crippen LogP contribution < -0.4 is 9.80 Å². The first kappa shape index (κ1) is 23.1. The van der Waals surface area contributed by atoms with Crippen LogP contribution in [0.1, 0.15) is 11.1 Å². The van der Waals surface area contributed by atoms with Gasteiger partial charge < -0.3 is 9.80 Å². The Morgan fingerprint density at radius 1 is 0.912 bits per heavy atom. The molecule has 5 rings (SSSR count). The Balaban J connectivity index is 1.36. The molecule has 0 saturated carbocycles. The highest BCUT2D eigenvalue weighted by Gasteiger charge is 2.31. The number of nitro groups is 1. The molecule has 0 unspecified atom stereocenters. The number of benzene rings is 2. The van der Waals surface area contributed by atoms with Gasteiger partial charge in [0, 0.05) is 51.0 Å². The van der Waals surface area contributed by atoms with Gasteiger partial charge in [-0.3, -0.25) is 10.1 Å². The summed E-state index contributed by atoms with van der Waals surface area (Å²) in [4.78, 5) is 15.6. The number of halogens is 1. The lowest BCUT2D eigenvalue weighted by Crippen LogP contribution is -2.48. The Bertz CT molecular complexity index is 1340. The van der Waals surface area contributed by atoms with Crippen molar-refractivity contribution in [3.63, 3.8) is 0 Å². The molecular weight excluding hydrogens is 496 g/mol. The molecule has 178 valence electrons. The van der Waals surface area contributed by atoms with Gasteiger partial charge in [-0.15, -0.1) is 11.3 Å². The summed E-state index contributed by atoms with van der Waals surface area (Å²) >= 11 is 6.98. The molecule has 0 amide bonds. The second-order valence-electron chi connectivity index (χ2n) is 8.32. The SMILES string of the molecule is O=[N+]([O-])c1ccc(N2CCN(S(=O)(=O)c3ccc(Cl)s3)CC2)cc1N1CCc2ccccc2C1. The van der Waals surface area contributed by atoms with Crippen molar-refractivity contribution in [1.29, 1.82) is 0 Å². The van der Waals surface area contributed by atoms with Gasteiger partial charge in [-0.25, -0.2) is 8.42 Å². The molecule has 3 aromatic rings. The molecule has 1 aromatic heterocycles. The molecule has 2 aromatic carbocycles. The molecule has 1 saturated heterocycles. The summed E-state index contributed by atoms with van der Waals surface area (Å²) < 4.78 is 28.0. The van der Waals surface area contributed by atoms with Crippen molar-refractivity contribution in [2.24, 2.45) is 0 Å². The van der Waals surface area contributed by atoms with Crippen LogP contribution in [0.2, 0.25) is 4.34 Å². The molecule has 2 aliphatic heterocycles. The Kier molecular flexibility index (Phi) is 6.24. The first-order valence-electron chi connectivity index (χ1n) is 10.9. The van der Waals surface area contributed by atoms with Crippen LogP contribution in [-0.2, 0) is 23.0 Å². The molecule has 11 heteroatoms. The zero-order valence-electron chi connectivity index (χ0n) is 18.3. The number of sulfonamides is 1. The highest BCUT2D eigenvalue weighted by Crippen LogP contribution is 2.36. The van der Waals surface area contributed by atoms with E-state index in [1.165, 1.54) is 21.5 Å². The first-order chi connectivity index (χ1) is 16.3. The molecule has 1 fully saturated rings. The Morgan fingerprint density at radius 3 is 2.32 bits per heavy atom.